The number of carbonyl (C=O) groups excluding carboxylic acids is 1. The monoisotopic (exact) mass is 379 g/mol. The van der Waals surface area contributed by atoms with Crippen molar-refractivity contribution in [3.05, 3.63) is 82.4 Å². The van der Waals surface area contributed by atoms with Gasteiger partial charge >= 0.3 is 0 Å². The lowest BCUT2D eigenvalue weighted by Gasteiger charge is -2.16. The van der Waals surface area contributed by atoms with Crippen LogP contribution in [0.25, 0.3) is 5.69 Å². The van der Waals surface area contributed by atoms with Crippen LogP contribution in [0.15, 0.2) is 61.2 Å². The fraction of sp³-hybridized carbons (Fsp3) is 0.200. The van der Waals surface area contributed by atoms with Crippen LogP contribution >= 0.6 is 0 Å². The molecule has 0 unspecified atom stereocenters. The number of nitrogens with one attached hydrogen (secondary N) is 1. The predicted molar refractivity (Wildman–Crippen MR) is 107 cm³/mol. The van der Waals surface area contributed by atoms with Gasteiger partial charge in [-0.2, -0.15) is 0 Å². The van der Waals surface area contributed by atoms with E-state index in [-0.39, 0.29) is 23.2 Å². The third-order valence-electron chi connectivity index (χ3n) is 4.46. The summed E-state index contributed by atoms with van der Waals surface area (Å²) in [5.41, 5.74) is 2.49. The van der Waals surface area contributed by atoms with E-state index in [0.29, 0.717) is 5.69 Å². The van der Waals surface area contributed by atoms with E-state index in [1.165, 1.54) is 6.07 Å². The molecular weight excluding hydrogens is 358 g/mol. The van der Waals surface area contributed by atoms with E-state index in [1.807, 2.05) is 42.0 Å². The highest BCUT2D eigenvalue weighted by Crippen LogP contribution is 2.28. The number of rotatable bonds is 6. The molecule has 28 heavy (non-hydrogen) atoms. The Bertz CT molecular complexity index is 982. The number of aromatic nitrogens is 2. The third kappa shape index (κ3) is 4.01. The summed E-state index contributed by atoms with van der Waals surface area (Å²) in [6.07, 6.45) is 5.27. The Hall–Kier alpha value is -3.68. The fourth-order valence-electron chi connectivity index (χ4n) is 2.90. The number of hydrogen-bond acceptors (Lipinski definition) is 5. The van der Waals surface area contributed by atoms with Gasteiger partial charge in [0.05, 0.1) is 17.3 Å². The molecule has 0 aliphatic heterocycles. The van der Waals surface area contributed by atoms with Gasteiger partial charge in [0.2, 0.25) is 0 Å². The molecule has 0 aliphatic carbocycles. The van der Waals surface area contributed by atoms with Crippen LogP contribution in [-0.2, 0) is 0 Å². The zero-order valence-corrected chi connectivity index (χ0v) is 15.9. The summed E-state index contributed by atoms with van der Waals surface area (Å²) < 4.78 is 1.89. The highest BCUT2D eigenvalue weighted by molar-refractivity contribution is 5.96. The van der Waals surface area contributed by atoms with Gasteiger partial charge in [-0.3, -0.25) is 14.9 Å². The van der Waals surface area contributed by atoms with E-state index < -0.39 is 4.92 Å². The van der Waals surface area contributed by atoms with Crippen molar-refractivity contribution in [1.29, 1.82) is 0 Å². The minimum atomic E-state index is -0.482. The first kappa shape index (κ1) is 19.1. The van der Waals surface area contributed by atoms with Crippen molar-refractivity contribution < 1.29 is 9.72 Å². The van der Waals surface area contributed by atoms with Gasteiger partial charge in [-0.05, 0) is 36.8 Å². The first-order valence-corrected chi connectivity index (χ1v) is 8.71. The van der Waals surface area contributed by atoms with Crippen LogP contribution < -0.4 is 10.2 Å². The predicted octanol–water partition coefficient (Wildman–Crippen LogP) is 3.34. The Morgan fingerprint density at radius 2 is 1.93 bits per heavy atom. The number of hydrogen-bond donors (Lipinski definition) is 1. The molecule has 0 fully saturated rings. The molecule has 0 spiro atoms. The van der Waals surface area contributed by atoms with Gasteiger partial charge in [0, 0.05) is 43.8 Å². The molecule has 0 radical (unpaired) electrons. The molecular formula is C20H21N5O3. The van der Waals surface area contributed by atoms with E-state index >= 15 is 0 Å². The molecule has 1 amide bonds. The number of nitro groups is 1. The van der Waals surface area contributed by atoms with Crippen molar-refractivity contribution in [2.45, 2.75) is 13.0 Å². The average molecular weight is 379 g/mol. The lowest BCUT2D eigenvalue weighted by atomic mass is 10.1. The van der Waals surface area contributed by atoms with Crippen LogP contribution in [0.1, 0.15) is 28.9 Å². The average Bonchev–Trinajstić information content (AvgIpc) is 3.22. The molecule has 1 atom stereocenters. The Morgan fingerprint density at radius 1 is 1.21 bits per heavy atom. The molecule has 0 aliphatic rings. The van der Waals surface area contributed by atoms with Gasteiger partial charge in [0.15, 0.2) is 0 Å². The maximum absolute atomic E-state index is 12.6. The molecule has 8 nitrogen and oxygen atoms in total. The quantitative estimate of drug-likeness (QED) is 0.524. The number of anilines is 1. The zero-order chi connectivity index (χ0) is 20.3. The van der Waals surface area contributed by atoms with Crippen LogP contribution in [0.5, 0.6) is 0 Å². The van der Waals surface area contributed by atoms with Gasteiger partial charge in [0.1, 0.15) is 5.69 Å². The summed E-state index contributed by atoms with van der Waals surface area (Å²) in [5, 5.41) is 14.2. The summed E-state index contributed by atoms with van der Waals surface area (Å²) in [4.78, 5) is 29.1. The van der Waals surface area contributed by atoms with Gasteiger partial charge in [0.25, 0.3) is 11.6 Å². The van der Waals surface area contributed by atoms with E-state index in [9.17, 15) is 14.9 Å². The van der Waals surface area contributed by atoms with Gasteiger partial charge in [-0.1, -0.05) is 12.1 Å². The highest BCUT2D eigenvalue weighted by atomic mass is 16.6. The van der Waals surface area contributed by atoms with Gasteiger partial charge in [-0.15, -0.1) is 0 Å². The first-order valence-electron chi connectivity index (χ1n) is 8.71. The molecule has 0 saturated carbocycles. The molecule has 1 aromatic heterocycles. The van der Waals surface area contributed by atoms with Crippen molar-refractivity contribution in [1.82, 2.24) is 14.9 Å². The Kier molecular flexibility index (Phi) is 5.39. The summed E-state index contributed by atoms with van der Waals surface area (Å²) in [6, 6.07) is 12.0. The number of amides is 1. The van der Waals surface area contributed by atoms with Crippen molar-refractivity contribution in [3.8, 4) is 5.69 Å². The third-order valence-corrected chi connectivity index (χ3v) is 4.46. The second-order valence-electron chi connectivity index (χ2n) is 6.61. The zero-order valence-electron chi connectivity index (χ0n) is 15.9. The van der Waals surface area contributed by atoms with Gasteiger partial charge in [-0.25, -0.2) is 4.98 Å². The molecule has 144 valence electrons. The summed E-state index contributed by atoms with van der Waals surface area (Å²) >= 11 is 0. The second kappa shape index (κ2) is 7.91. The van der Waals surface area contributed by atoms with Crippen LogP contribution in [0.2, 0.25) is 0 Å². The summed E-state index contributed by atoms with van der Waals surface area (Å²) in [6.45, 7) is 1.87. The Labute approximate surface area is 162 Å². The fourth-order valence-corrected chi connectivity index (χ4v) is 2.90. The molecule has 2 aromatic carbocycles. The molecule has 3 rings (SSSR count). The summed E-state index contributed by atoms with van der Waals surface area (Å²) in [5.74, 6) is -0.361. The number of carbonyl (C=O) groups is 1. The van der Waals surface area contributed by atoms with E-state index in [1.54, 1.807) is 43.7 Å². The molecule has 0 bridgehead atoms. The van der Waals surface area contributed by atoms with Crippen LogP contribution in [0.3, 0.4) is 0 Å². The Morgan fingerprint density at radius 3 is 2.50 bits per heavy atom. The van der Waals surface area contributed by atoms with E-state index in [2.05, 4.69) is 10.3 Å². The largest absolute Gasteiger partial charge is 0.372 e. The molecule has 1 N–H and O–H groups in total. The maximum Gasteiger partial charge on any atom is 0.293 e. The topological polar surface area (TPSA) is 93.3 Å². The highest BCUT2D eigenvalue weighted by Gasteiger charge is 2.20. The van der Waals surface area contributed by atoms with Crippen molar-refractivity contribution in [2.75, 3.05) is 19.0 Å². The summed E-state index contributed by atoms with van der Waals surface area (Å²) in [7, 11) is 3.44. The first-order chi connectivity index (χ1) is 13.4. The minimum Gasteiger partial charge on any atom is -0.372 e. The minimum absolute atomic E-state index is 0.102. The van der Waals surface area contributed by atoms with Gasteiger partial charge < -0.3 is 14.8 Å². The SMILES string of the molecule is C[C@@H](NC(=O)c1ccc(N(C)C)c([N+](=O)[O-])c1)c1ccc(-n2ccnc2)cc1. The number of benzene rings is 2. The number of nitrogens with zero attached hydrogens (tertiary/aromatic N) is 4. The molecule has 3 aromatic rings. The maximum atomic E-state index is 12.6. The van der Waals surface area contributed by atoms with E-state index in [0.717, 1.165) is 11.3 Å². The molecule has 0 saturated heterocycles. The molecule has 8 heteroatoms. The number of nitro benzene ring substituents is 1. The smallest absolute Gasteiger partial charge is 0.293 e. The lowest BCUT2D eigenvalue weighted by molar-refractivity contribution is -0.384. The normalized spacial score (nSPS) is 11.7. The van der Waals surface area contributed by atoms with Crippen LogP contribution in [-0.4, -0.2) is 34.5 Å². The van der Waals surface area contributed by atoms with Crippen LogP contribution in [0, 0.1) is 10.1 Å². The Balaban J connectivity index is 1.75. The number of imidazole rings is 1. The second-order valence-corrected chi connectivity index (χ2v) is 6.61. The van der Waals surface area contributed by atoms with E-state index in [4.69, 9.17) is 0 Å². The molecule has 1 heterocycles. The lowest BCUT2D eigenvalue weighted by Crippen LogP contribution is -2.26. The standard InChI is InChI=1S/C20H21N5O3/c1-14(15-4-7-17(8-5-15)24-11-10-21-13-24)22-20(26)16-6-9-18(23(2)3)19(12-16)25(27)28/h4-14H,1-3H3,(H,22,26)/t14-/m1/s1. The van der Waals surface area contributed by atoms with Crippen molar-refractivity contribution in [3.63, 3.8) is 0 Å². The van der Waals surface area contributed by atoms with Crippen molar-refractivity contribution in [2.24, 2.45) is 0 Å². The van der Waals surface area contributed by atoms with Crippen LogP contribution in [0.4, 0.5) is 11.4 Å². The van der Waals surface area contributed by atoms with Crippen molar-refractivity contribution >= 4 is 17.3 Å².